The predicted octanol–water partition coefficient (Wildman–Crippen LogP) is 8.29. The lowest BCUT2D eigenvalue weighted by atomic mass is 9.81. The molecule has 30 heteroatoms. The van der Waals surface area contributed by atoms with Crippen molar-refractivity contribution in [3.8, 4) is 0 Å². The summed E-state index contributed by atoms with van der Waals surface area (Å²) in [7, 11) is 0. The van der Waals surface area contributed by atoms with Crippen molar-refractivity contribution in [2.24, 2.45) is 0 Å². The molecule has 0 aliphatic carbocycles. The summed E-state index contributed by atoms with van der Waals surface area (Å²) in [5.74, 6) is -44.6. The molecule has 45 heavy (non-hydrogen) atoms. The first-order valence-electron chi connectivity index (χ1n) is 8.95. The Morgan fingerprint density at radius 1 is 0.556 bits per heavy atom. The SMILES string of the molecule is O=C(O)C(F)=C(F)F.O=C(OF)C(=C(C(F)(F)C(F)(F)C(F)(C(F)(F)F)C(F)(F)F)C(F)(F)C(F)(OF)C(F)(F)F)C(F)(F)F. The summed E-state index contributed by atoms with van der Waals surface area (Å²) in [5.41, 5.74) is -20.6. The molecule has 1 atom stereocenters. The lowest BCUT2D eigenvalue weighted by Gasteiger charge is -2.43. The van der Waals surface area contributed by atoms with Gasteiger partial charge in [-0.15, -0.1) is 4.94 Å². The minimum Gasteiger partial charge on any atom is -0.476 e. The van der Waals surface area contributed by atoms with E-state index in [1.54, 1.807) is 0 Å². The second kappa shape index (κ2) is 12.8. The Kier molecular flexibility index (Phi) is 12.4. The van der Waals surface area contributed by atoms with Crippen molar-refractivity contribution in [2.75, 3.05) is 0 Å². The first-order valence-corrected chi connectivity index (χ1v) is 8.95. The van der Waals surface area contributed by atoms with Gasteiger partial charge in [0.1, 0.15) is 0 Å². The number of alkyl halides is 20. The summed E-state index contributed by atoms with van der Waals surface area (Å²) in [6.45, 7) is 0. The highest BCUT2D eigenvalue weighted by Gasteiger charge is 2.93. The molecular formula is C15HF25O5. The fourth-order valence-corrected chi connectivity index (χ4v) is 2.31. The highest BCUT2D eigenvalue weighted by atomic mass is 19.4. The number of aliphatic carboxylic acids is 1. The fourth-order valence-electron chi connectivity index (χ4n) is 2.31. The van der Waals surface area contributed by atoms with Gasteiger partial charge in [0.2, 0.25) is 0 Å². The van der Waals surface area contributed by atoms with E-state index in [0.717, 1.165) is 4.94 Å². The Bertz CT molecular complexity index is 1140. The van der Waals surface area contributed by atoms with Crippen LogP contribution in [0.15, 0.2) is 23.1 Å². The van der Waals surface area contributed by atoms with Crippen molar-refractivity contribution in [3.05, 3.63) is 23.1 Å². The van der Waals surface area contributed by atoms with Crippen molar-refractivity contribution in [1.29, 1.82) is 0 Å². The summed E-state index contributed by atoms with van der Waals surface area (Å²) in [4.78, 5) is 22.2. The zero-order valence-corrected chi connectivity index (χ0v) is 19.0. The van der Waals surface area contributed by atoms with Gasteiger partial charge in [0.15, 0.2) is 5.57 Å². The zero-order valence-electron chi connectivity index (χ0n) is 19.0. The maximum atomic E-state index is 14.2. The molecule has 0 aliphatic heterocycles. The molecular weight excluding hydrogens is 735 g/mol. The summed E-state index contributed by atoms with van der Waals surface area (Å²) in [5, 5.41) is 7.44. The third-order valence-electron chi connectivity index (χ3n) is 4.27. The smallest absolute Gasteiger partial charge is 0.458 e. The number of carboxylic acid groups (broad SMARTS) is 1. The number of hydrogen-bond donors (Lipinski definition) is 1. The Balaban J connectivity index is 0. The number of halogens is 25. The van der Waals surface area contributed by atoms with E-state index in [1.165, 1.54) is 4.94 Å². The molecule has 0 bridgehead atoms. The van der Waals surface area contributed by atoms with Gasteiger partial charge in [0.25, 0.3) is 5.83 Å². The highest BCUT2D eigenvalue weighted by Crippen LogP contribution is 2.64. The molecule has 0 fully saturated rings. The molecule has 0 saturated heterocycles. The van der Waals surface area contributed by atoms with E-state index in [2.05, 4.69) is 0 Å². The van der Waals surface area contributed by atoms with E-state index in [-0.39, 0.29) is 0 Å². The van der Waals surface area contributed by atoms with Crippen LogP contribution in [0.4, 0.5) is 110 Å². The third-order valence-corrected chi connectivity index (χ3v) is 4.27. The maximum Gasteiger partial charge on any atom is 0.458 e. The van der Waals surface area contributed by atoms with Crippen LogP contribution in [0.25, 0.3) is 0 Å². The average molecular weight is 736 g/mol. The van der Waals surface area contributed by atoms with E-state index < -0.39 is 89.0 Å². The van der Waals surface area contributed by atoms with Crippen molar-refractivity contribution < 1.29 is 135 Å². The Hall–Kier alpha value is -3.37. The van der Waals surface area contributed by atoms with E-state index in [4.69, 9.17) is 5.11 Å². The maximum absolute atomic E-state index is 14.2. The van der Waals surface area contributed by atoms with Crippen LogP contribution in [0.1, 0.15) is 0 Å². The van der Waals surface area contributed by atoms with Gasteiger partial charge in [-0.25, -0.2) is 18.9 Å². The Morgan fingerprint density at radius 2 is 0.911 bits per heavy atom. The average Bonchev–Trinajstić information content (AvgIpc) is 2.81. The van der Waals surface area contributed by atoms with Crippen LogP contribution in [-0.4, -0.2) is 71.0 Å². The molecule has 0 heterocycles. The molecule has 0 aromatic rings. The van der Waals surface area contributed by atoms with Gasteiger partial charge in [-0.05, 0) is 4.53 Å². The van der Waals surface area contributed by atoms with Gasteiger partial charge in [0, 0.05) is 4.53 Å². The largest absolute Gasteiger partial charge is 0.476 e. The topological polar surface area (TPSA) is 72.8 Å². The van der Waals surface area contributed by atoms with Gasteiger partial charge in [-0.3, -0.25) is 0 Å². The summed E-state index contributed by atoms with van der Waals surface area (Å²) in [6, 6.07) is 0. The number of hydrogen-bond acceptors (Lipinski definition) is 4. The molecule has 0 aliphatic rings. The monoisotopic (exact) mass is 736 g/mol. The number of carboxylic acids is 1. The first kappa shape index (κ1) is 43.8. The summed E-state index contributed by atoms with van der Waals surface area (Å²) < 4.78 is 320. The molecule has 0 rings (SSSR count). The molecule has 1 N–H and O–H groups in total. The number of carbonyl (C=O) groups is 2. The second-order valence-corrected chi connectivity index (χ2v) is 7.04. The van der Waals surface area contributed by atoms with Gasteiger partial charge in [-0.2, -0.15) is 96.6 Å². The molecule has 266 valence electrons. The van der Waals surface area contributed by atoms with Crippen LogP contribution < -0.4 is 0 Å². The lowest BCUT2D eigenvalue weighted by molar-refractivity contribution is -0.457. The first-order chi connectivity index (χ1) is 19.3. The molecule has 5 nitrogen and oxygen atoms in total. The Labute approximate surface area is 225 Å². The summed E-state index contributed by atoms with van der Waals surface area (Å²) in [6.07, 6.45) is -35.7. The van der Waals surface area contributed by atoms with E-state index in [1.807, 2.05) is 0 Å². The van der Waals surface area contributed by atoms with Crippen LogP contribution in [0.2, 0.25) is 0 Å². The molecule has 0 spiro atoms. The molecule has 0 radical (unpaired) electrons. The van der Waals surface area contributed by atoms with Crippen LogP contribution in [0, 0.1) is 0 Å². The number of carbonyl (C=O) groups excluding carboxylic acids is 1. The van der Waals surface area contributed by atoms with Crippen molar-refractivity contribution in [1.82, 2.24) is 0 Å². The molecule has 1 unspecified atom stereocenters. The Morgan fingerprint density at radius 3 is 1.09 bits per heavy atom. The molecule has 0 amide bonds. The zero-order chi connectivity index (χ0) is 37.4. The van der Waals surface area contributed by atoms with Gasteiger partial charge in [-0.1, -0.05) is 0 Å². The quantitative estimate of drug-likeness (QED) is 0.201. The lowest BCUT2D eigenvalue weighted by Crippen LogP contribution is -2.72. The molecule has 0 aromatic heterocycles. The predicted molar refractivity (Wildman–Crippen MR) is 81.1 cm³/mol. The standard InChI is InChI=1S/C12F22O3.C3HF3O2/c13-4(14,8(21,22)7(20,10(24,25)26)11(27,28)29)2(1(3(35)36-33)6(17,18)19)5(15,16)9(23,37-34)12(30,31)32;4-1(2(5)6)3(7)8/h;(H,7,8). The van der Waals surface area contributed by atoms with Gasteiger partial charge < -0.3 is 5.11 Å². The summed E-state index contributed by atoms with van der Waals surface area (Å²) >= 11 is 0. The van der Waals surface area contributed by atoms with Crippen LogP contribution in [-0.2, 0) is 19.5 Å². The normalized spacial score (nSPS) is 16.1. The van der Waals surface area contributed by atoms with Crippen molar-refractivity contribution >= 4 is 11.9 Å². The van der Waals surface area contributed by atoms with Crippen molar-refractivity contribution in [3.63, 3.8) is 0 Å². The van der Waals surface area contributed by atoms with E-state index >= 15 is 0 Å². The van der Waals surface area contributed by atoms with Crippen LogP contribution in [0.3, 0.4) is 0 Å². The van der Waals surface area contributed by atoms with Crippen LogP contribution in [0.5, 0.6) is 0 Å². The fraction of sp³-hybridized carbons (Fsp3) is 0.600. The molecule has 0 aromatic carbocycles. The van der Waals surface area contributed by atoms with Crippen molar-refractivity contribution in [2.45, 2.75) is 54.0 Å². The van der Waals surface area contributed by atoms with Gasteiger partial charge >= 0.3 is 72.0 Å². The second-order valence-electron chi connectivity index (χ2n) is 7.04. The highest BCUT2D eigenvalue weighted by molar-refractivity contribution is 5.91. The van der Waals surface area contributed by atoms with E-state index in [0.29, 0.717) is 0 Å². The number of rotatable bonds is 8. The van der Waals surface area contributed by atoms with Crippen LogP contribution >= 0.6 is 0 Å². The van der Waals surface area contributed by atoms with Gasteiger partial charge in [0.05, 0.1) is 5.57 Å². The third kappa shape index (κ3) is 7.55. The van der Waals surface area contributed by atoms with E-state index in [9.17, 15) is 120 Å². The minimum atomic E-state index is -9.26. The molecule has 0 saturated carbocycles. The minimum absolute atomic E-state index is 0.847.